The van der Waals surface area contributed by atoms with E-state index in [4.69, 9.17) is 37.9 Å². The summed E-state index contributed by atoms with van der Waals surface area (Å²) in [6.45, 7) is 39.9. The van der Waals surface area contributed by atoms with E-state index in [9.17, 15) is 19.2 Å². The number of ether oxygens (including phenoxy) is 8. The summed E-state index contributed by atoms with van der Waals surface area (Å²) < 4.78 is 50.7. The Kier molecular flexibility index (Phi) is 36.0. The lowest BCUT2D eigenvalue weighted by Crippen LogP contribution is -2.58. The standard InChI is InChI=1S/C94H134O14/c1-17-21-25-29-33-37-41-45-49-81(95)103-67-75(105-83(97)51-47-43-39-35-31-27-23-19-3)65-101-73-57-53-69(54-58-73)93(79-63-71(89(5,6)7)61-77(91(11,12)13)85(79)107-87(93)99)94(80-64-72(90(8,9)10)62-78(92(14,15)16)86(80)108-88(94)100)70-55-59-74(60-56-70)102-66-76(106-84(98)52-48-44-40-36-32-28-24-20-4)68-104-82(96)50-46-42-38-34-30-26-22-18-2/h17-20,53-64,75-76H,1-4,21-52,65-68H2,5-16H3. The molecule has 4 aromatic carbocycles. The molecule has 6 rings (SSSR count). The first-order valence-electron chi connectivity index (χ1n) is 40.9. The Balaban J connectivity index is 1.45. The van der Waals surface area contributed by atoms with Crippen molar-refractivity contribution in [2.45, 2.75) is 333 Å². The quantitative estimate of drug-likeness (QED) is 0.0134. The lowest BCUT2D eigenvalue weighted by atomic mass is 9.51. The molecule has 0 bridgehead atoms. The highest BCUT2D eigenvalue weighted by molar-refractivity contribution is 6.09. The highest BCUT2D eigenvalue weighted by Crippen LogP contribution is 2.65. The van der Waals surface area contributed by atoms with Crippen LogP contribution in [0.3, 0.4) is 0 Å². The van der Waals surface area contributed by atoms with E-state index in [0.29, 0.717) is 70.9 Å². The van der Waals surface area contributed by atoms with Crippen LogP contribution in [0.25, 0.3) is 0 Å². The maximum absolute atomic E-state index is 16.8. The molecule has 108 heavy (non-hydrogen) atoms. The molecule has 0 spiro atoms. The summed E-state index contributed by atoms with van der Waals surface area (Å²) in [6, 6.07) is 22.5. The summed E-state index contributed by atoms with van der Waals surface area (Å²) in [5.41, 5.74) is -1.04. The third-order valence-electron chi connectivity index (χ3n) is 21.0. The van der Waals surface area contributed by atoms with Gasteiger partial charge in [-0.05, 0) is 157 Å². The van der Waals surface area contributed by atoms with Crippen LogP contribution in [0.2, 0.25) is 0 Å². The van der Waals surface area contributed by atoms with Crippen LogP contribution in [0.1, 0.15) is 333 Å². The number of fused-ring (bicyclic) bond motifs is 2. The van der Waals surface area contributed by atoms with Gasteiger partial charge in [-0.2, -0.15) is 0 Å². The lowest BCUT2D eigenvalue weighted by molar-refractivity contribution is -0.161. The van der Waals surface area contributed by atoms with Crippen LogP contribution in [-0.2, 0) is 80.2 Å². The van der Waals surface area contributed by atoms with Crippen LogP contribution in [0.5, 0.6) is 23.0 Å². The first kappa shape index (κ1) is 89.2. The predicted molar refractivity (Wildman–Crippen MR) is 435 cm³/mol. The van der Waals surface area contributed by atoms with Crippen LogP contribution in [0.15, 0.2) is 123 Å². The molecule has 594 valence electrons. The first-order chi connectivity index (χ1) is 51.5. The third-order valence-corrected chi connectivity index (χ3v) is 21.0. The van der Waals surface area contributed by atoms with Gasteiger partial charge in [-0.15, -0.1) is 26.3 Å². The molecule has 0 N–H and O–H groups in total. The van der Waals surface area contributed by atoms with E-state index in [0.717, 1.165) is 176 Å². The van der Waals surface area contributed by atoms with Crippen LogP contribution < -0.4 is 18.9 Å². The zero-order valence-corrected chi connectivity index (χ0v) is 68.4. The molecule has 2 aliphatic rings. The minimum absolute atomic E-state index is 0.154. The molecule has 0 saturated carbocycles. The average molecular weight is 1490 g/mol. The van der Waals surface area contributed by atoms with E-state index in [2.05, 4.69) is 122 Å². The van der Waals surface area contributed by atoms with Crippen molar-refractivity contribution in [2.75, 3.05) is 26.4 Å². The summed E-state index contributed by atoms with van der Waals surface area (Å²) >= 11 is 0. The molecule has 0 fully saturated rings. The monoisotopic (exact) mass is 1490 g/mol. The van der Waals surface area contributed by atoms with E-state index in [1.807, 2.05) is 36.4 Å². The molecule has 0 radical (unpaired) electrons. The molecular formula is C94H134O14. The van der Waals surface area contributed by atoms with Crippen LogP contribution >= 0.6 is 0 Å². The van der Waals surface area contributed by atoms with Crippen LogP contribution in [0.4, 0.5) is 0 Å². The zero-order chi connectivity index (χ0) is 79.0. The molecule has 2 heterocycles. The van der Waals surface area contributed by atoms with Crippen molar-refractivity contribution >= 4 is 35.8 Å². The van der Waals surface area contributed by atoms with Crippen molar-refractivity contribution in [1.82, 2.24) is 0 Å². The van der Waals surface area contributed by atoms with E-state index >= 15 is 9.59 Å². The molecule has 2 aliphatic heterocycles. The van der Waals surface area contributed by atoms with Crippen molar-refractivity contribution in [2.24, 2.45) is 0 Å². The number of hydrogen-bond donors (Lipinski definition) is 0. The maximum atomic E-state index is 16.8. The number of rotatable bonds is 51. The Morgan fingerprint density at radius 2 is 0.630 bits per heavy atom. The van der Waals surface area contributed by atoms with Gasteiger partial charge in [0.15, 0.2) is 12.2 Å². The topological polar surface area (TPSA) is 176 Å². The second-order valence-electron chi connectivity index (χ2n) is 34.1. The Labute approximate surface area is 649 Å². The molecule has 4 unspecified atom stereocenters. The van der Waals surface area contributed by atoms with Gasteiger partial charge >= 0.3 is 35.8 Å². The van der Waals surface area contributed by atoms with Gasteiger partial charge in [0.25, 0.3) is 0 Å². The van der Waals surface area contributed by atoms with E-state index in [1.165, 1.54) is 0 Å². The maximum Gasteiger partial charge on any atom is 0.328 e. The highest BCUT2D eigenvalue weighted by atomic mass is 16.6. The largest absolute Gasteiger partial charge is 0.490 e. The number of carbonyl (C=O) groups excluding carboxylic acids is 6. The second-order valence-corrected chi connectivity index (χ2v) is 34.1. The van der Waals surface area contributed by atoms with Gasteiger partial charge in [0.05, 0.1) is 0 Å². The minimum atomic E-state index is -2.04. The van der Waals surface area contributed by atoms with Gasteiger partial charge in [-0.1, -0.05) is 247 Å². The van der Waals surface area contributed by atoms with Crippen molar-refractivity contribution < 1.29 is 66.7 Å². The van der Waals surface area contributed by atoms with Gasteiger partial charge in [0.2, 0.25) is 0 Å². The fraction of sp³-hybridized carbons (Fsp3) is 0.596. The van der Waals surface area contributed by atoms with E-state index in [-0.39, 0.29) is 64.0 Å². The molecule has 0 saturated heterocycles. The van der Waals surface area contributed by atoms with Gasteiger partial charge in [-0.3, -0.25) is 28.8 Å². The second kappa shape index (κ2) is 43.6. The summed E-state index contributed by atoms with van der Waals surface area (Å²) in [4.78, 5) is 87.4. The fourth-order valence-electron chi connectivity index (χ4n) is 14.5. The average Bonchev–Trinajstić information content (AvgIpc) is 1.47. The molecular weight excluding hydrogens is 1350 g/mol. The third kappa shape index (κ3) is 25.9. The number of unbranched alkanes of at least 4 members (excludes halogenated alkanes) is 24. The molecule has 0 aromatic heterocycles. The zero-order valence-electron chi connectivity index (χ0n) is 68.4. The SMILES string of the molecule is C=CCCCCCCCCC(=O)OCC(COc1ccc(C2(C3(c4ccc(OCC(COC(=O)CCCCCCCCC=C)OC(=O)CCCCCCCCC=C)cc4)C(=O)Oc4c(C(C)(C)C)cc(C(C)(C)C)cc43)C(=O)Oc3c(C(C)(C)C)cc(C(C)(C)C)cc32)cc1)OC(=O)CCCCCCCCC=C. The van der Waals surface area contributed by atoms with Gasteiger partial charge in [-0.25, -0.2) is 0 Å². The molecule has 4 atom stereocenters. The van der Waals surface area contributed by atoms with Gasteiger partial charge in [0, 0.05) is 47.9 Å². The highest BCUT2D eigenvalue weighted by Gasteiger charge is 2.73. The Hall–Kier alpha value is -7.74. The smallest absolute Gasteiger partial charge is 0.328 e. The normalized spacial score (nSPS) is 16.1. The van der Waals surface area contributed by atoms with Crippen LogP contribution in [0, 0.1) is 0 Å². The first-order valence-corrected chi connectivity index (χ1v) is 40.9. The van der Waals surface area contributed by atoms with Crippen molar-refractivity contribution in [1.29, 1.82) is 0 Å². The predicted octanol–water partition coefficient (Wildman–Crippen LogP) is 22.9. The van der Waals surface area contributed by atoms with E-state index < -0.39 is 68.6 Å². The molecule has 0 aliphatic carbocycles. The Morgan fingerprint density at radius 3 is 0.898 bits per heavy atom. The molecule has 4 aromatic rings. The van der Waals surface area contributed by atoms with Crippen LogP contribution in [-0.4, -0.2) is 74.5 Å². The number of hydrogen-bond acceptors (Lipinski definition) is 14. The summed E-state index contributed by atoms with van der Waals surface area (Å²) in [7, 11) is 0. The summed E-state index contributed by atoms with van der Waals surface area (Å²) in [5, 5.41) is 0. The van der Waals surface area contributed by atoms with Crippen molar-refractivity contribution in [3.8, 4) is 23.0 Å². The van der Waals surface area contributed by atoms with Gasteiger partial charge in [0.1, 0.15) is 60.3 Å². The Bertz CT molecular complexity index is 3320. The van der Waals surface area contributed by atoms with E-state index in [1.54, 1.807) is 48.5 Å². The molecule has 14 heteroatoms. The number of carbonyl (C=O) groups is 6. The lowest BCUT2D eigenvalue weighted by Gasteiger charge is -2.43. The van der Waals surface area contributed by atoms with Crippen molar-refractivity contribution in [3.05, 3.63) is 168 Å². The Morgan fingerprint density at radius 1 is 0.361 bits per heavy atom. The molecule has 14 nitrogen and oxygen atoms in total. The number of benzene rings is 4. The van der Waals surface area contributed by atoms with Crippen molar-refractivity contribution in [3.63, 3.8) is 0 Å². The molecule has 0 amide bonds. The fourth-order valence-corrected chi connectivity index (χ4v) is 14.5. The number of allylic oxidation sites excluding steroid dienone is 4. The minimum Gasteiger partial charge on any atom is -0.490 e. The summed E-state index contributed by atoms with van der Waals surface area (Å²) in [5.74, 6) is -1.55. The number of esters is 6. The summed E-state index contributed by atoms with van der Waals surface area (Å²) in [6.07, 6.45) is 34.3. The van der Waals surface area contributed by atoms with Gasteiger partial charge < -0.3 is 37.9 Å².